The summed E-state index contributed by atoms with van der Waals surface area (Å²) >= 11 is 5.92. The molecule has 0 fully saturated rings. The van der Waals surface area contributed by atoms with E-state index in [1.807, 2.05) is 6.92 Å². The predicted molar refractivity (Wildman–Crippen MR) is 79.6 cm³/mol. The molecule has 0 N–H and O–H groups in total. The molecule has 0 saturated heterocycles. The van der Waals surface area contributed by atoms with E-state index in [-0.39, 0.29) is 5.91 Å². The molecule has 1 heterocycles. The topological polar surface area (TPSA) is 42.4 Å². The van der Waals surface area contributed by atoms with Gasteiger partial charge in [-0.3, -0.25) is 9.78 Å². The Balaban J connectivity index is 2.39. The van der Waals surface area contributed by atoms with Crippen molar-refractivity contribution < 1.29 is 9.53 Å². The van der Waals surface area contributed by atoms with Crippen LogP contribution < -0.4 is 9.64 Å². The minimum atomic E-state index is -0.132. The standard InChI is InChI=1S/C15H15ClN2O2/c1-3-18(12-6-8-17-9-7-12)15(19)13-5-4-11(16)10-14(13)20-2/h4-10H,3H2,1-2H3. The van der Waals surface area contributed by atoms with Crippen molar-refractivity contribution in [3.8, 4) is 5.75 Å². The summed E-state index contributed by atoms with van der Waals surface area (Å²) in [4.78, 5) is 18.3. The third kappa shape index (κ3) is 2.91. The van der Waals surface area contributed by atoms with Crippen LogP contribution in [0, 0.1) is 0 Å². The van der Waals surface area contributed by atoms with Gasteiger partial charge in [0, 0.05) is 29.6 Å². The van der Waals surface area contributed by atoms with E-state index < -0.39 is 0 Å². The van der Waals surface area contributed by atoms with Crippen molar-refractivity contribution >= 4 is 23.2 Å². The summed E-state index contributed by atoms with van der Waals surface area (Å²) in [5, 5.41) is 0.533. The van der Waals surface area contributed by atoms with Gasteiger partial charge < -0.3 is 9.64 Å². The highest BCUT2D eigenvalue weighted by molar-refractivity contribution is 6.31. The van der Waals surface area contributed by atoms with Crippen molar-refractivity contribution in [1.82, 2.24) is 4.98 Å². The second-order valence-electron chi connectivity index (χ2n) is 4.10. The highest BCUT2D eigenvalue weighted by Crippen LogP contribution is 2.26. The maximum atomic E-state index is 12.6. The van der Waals surface area contributed by atoms with E-state index >= 15 is 0 Å². The Kier molecular flexibility index (Phi) is 4.58. The van der Waals surface area contributed by atoms with Crippen molar-refractivity contribution in [3.63, 3.8) is 0 Å². The number of ether oxygens (including phenoxy) is 1. The highest BCUT2D eigenvalue weighted by Gasteiger charge is 2.19. The second kappa shape index (κ2) is 6.39. The third-order valence-corrected chi connectivity index (χ3v) is 3.16. The van der Waals surface area contributed by atoms with Gasteiger partial charge >= 0.3 is 0 Å². The fraction of sp³-hybridized carbons (Fsp3) is 0.200. The van der Waals surface area contributed by atoms with E-state index in [1.54, 1.807) is 47.6 Å². The van der Waals surface area contributed by atoms with E-state index in [2.05, 4.69) is 4.98 Å². The smallest absolute Gasteiger partial charge is 0.262 e. The van der Waals surface area contributed by atoms with Crippen LogP contribution in [0.25, 0.3) is 0 Å². The minimum absolute atomic E-state index is 0.132. The van der Waals surface area contributed by atoms with Gasteiger partial charge in [-0.15, -0.1) is 0 Å². The number of nitrogens with zero attached hydrogens (tertiary/aromatic N) is 2. The number of benzene rings is 1. The van der Waals surface area contributed by atoms with E-state index in [4.69, 9.17) is 16.3 Å². The summed E-state index contributed by atoms with van der Waals surface area (Å²) in [5.41, 5.74) is 1.28. The van der Waals surface area contributed by atoms with Crippen LogP contribution in [-0.2, 0) is 0 Å². The van der Waals surface area contributed by atoms with Crippen LogP contribution in [-0.4, -0.2) is 24.5 Å². The van der Waals surface area contributed by atoms with Crippen LogP contribution in [0.5, 0.6) is 5.75 Å². The van der Waals surface area contributed by atoms with Gasteiger partial charge in [-0.25, -0.2) is 0 Å². The monoisotopic (exact) mass is 290 g/mol. The van der Waals surface area contributed by atoms with Crippen molar-refractivity contribution in [3.05, 3.63) is 53.3 Å². The molecule has 1 aromatic carbocycles. The first-order chi connectivity index (χ1) is 9.67. The van der Waals surface area contributed by atoms with Crippen molar-refractivity contribution in [2.45, 2.75) is 6.92 Å². The lowest BCUT2D eigenvalue weighted by Gasteiger charge is -2.22. The lowest BCUT2D eigenvalue weighted by molar-refractivity contribution is 0.0985. The maximum Gasteiger partial charge on any atom is 0.262 e. The van der Waals surface area contributed by atoms with Gasteiger partial charge in [0.2, 0.25) is 0 Å². The summed E-state index contributed by atoms with van der Waals surface area (Å²) < 4.78 is 5.23. The predicted octanol–water partition coefficient (Wildman–Crippen LogP) is 3.41. The summed E-state index contributed by atoms with van der Waals surface area (Å²) in [5.74, 6) is 0.335. The third-order valence-electron chi connectivity index (χ3n) is 2.93. The van der Waals surface area contributed by atoms with Gasteiger partial charge in [0.25, 0.3) is 5.91 Å². The van der Waals surface area contributed by atoms with Crippen LogP contribution in [0.4, 0.5) is 5.69 Å². The van der Waals surface area contributed by atoms with Gasteiger partial charge in [0.05, 0.1) is 12.7 Å². The Morgan fingerprint density at radius 3 is 2.60 bits per heavy atom. The van der Waals surface area contributed by atoms with Crippen LogP contribution in [0.2, 0.25) is 5.02 Å². The molecular formula is C15H15ClN2O2. The average Bonchev–Trinajstić information content (AvgIpc) is 2.48. The maximum absolute atomic E-state index is 12.6. The largest absolute Gasteiger partial charge is 0.496 e. The molecule has 0 aliphatic rings. The lowest BCUT2D eigenvalue weighted by Crippen LogP contribution is -2.30. The molecule has 1 amide bonds. The number of hydrogen-bond acceptors (Lipinski definition) is 3. The molecule has 1 aromatic heterocycles. The molecule has 0 bridgehead atoms. The van der Waals surface area contributed by atoms with Crippen LogP contribution in [0.1, 0.15) is 17.3 Å². The normalized spacial score (nSPS) is 10.2. The number of hydrogen-bond donors (Lipinski definition) is 0. The number of anilines is 1. The Labute approximate surface area is 123 Å². The molecule has 5 heteroatoms. The number of rotatable bonds is 4. The van der Waals surface area contributed by atoms with E-state index in [9.17, 15) is 4.79 Å². The first kappa shape index (κ1) is 14.3. The van der Waals surface area contributed by atoms with Gasteiger partial charge in [-0.2, -0.15) is 0 Å². The molecule has 20 heavy (non-hydrogen) atoms. The Bertz CT molecular complexity index is 602. The molecule has 0 spiro atoms. The zero-order valence-corrected chi connectivity index (χ0v) is 12.1. The van der Waals surface area contributed by atoms with Crippen LogP contribution in [0.15, 0.2) is 42.7 Å². The molecule has 0 saturated carbocycles. The summed E-state index contributed by atoms with van der Waals surface area (Å²) in [7, 11) is 1.52. The number of carbonyl (C=O) groups excluding carboxylic acids is 1. The van der Waals surface area contributed by atoms with Crippen LogP contribution >= 0.6 is 11.6 Å². The SMILES string of the molecule is CCN(C(=O)c1ccc(Cl)cc1OC)c1ccncc1. The fourth-order valence-corrected chi connectivity index (χ4v) is 2.12. The molecular weight excluding hydrogens is 276 g/mol. The van der Waals surface area contributed by atoms with Gasteiger partial charge in [-0.05, 0) is 37.3 Å². The Morgan fingerprint density at radius 2 is 2.00 bits per heavy atom. The Morgan fingerprint density at radius 1 is 1.30 bits per heavy atom. The van der Waals surface area contributed by atoms with Crippen LogP contribution in [0.3, 0.4) is 0 Å². The second-order valence-corrected chi connectivity index (χ2v) is 4.54. The lowest BCUT2D eigenvalue weighted by atomic mass is 10.1. The highest BCUT2D eigenvalue weighted by atomic mass is 35.5. The molecule has 104 valence electrons. The molecule has 0 aliphatic carbocycles. The molecule has 2 aromatic rings. The van der Waals surface area contributed by atoms with E-state index in [0.29, 0.717) is 22.9 Å². The van der Waals surface area contributed by atoms with Gasteiger partial charge in [-0.1, -0.05) is 11.6 Å². The Hall–Kier alpha value is -2.07. The first-order valence-corrected chi connectivity index (χ1v) is 6.60. The molecule has 0 unspecified atom stereocenters. The number of carbonyl (C=O) groups is 1. The zero-order valence-electron chi connectivity index (χ0n) is 11.3. The summed E-state index contributed by atoms with van der Waals surface area (Å²) in [6, 6.07) is 8.58. The summed E-state index contributed by atoms with van der Waals surface area (Å²) in [6.45, 7) is 2.47. The summed E-state index contributed by atoms with van der Waals surface area (Å²) in [6.07, 6.45) is 3.31. The van der Waals surface area contributed by atoms with Crippen molar-refractivity contribution in [1.29, 1.82) is 0 Å². The minimum Gasteiger partial charge on any atom is -0.496 e. The molecule has 0 aliphatic heterocycles. The number of aromatic nitrogens is 1. The van der Waals surface area contributed by atoms with Crippen molar-refractivity contribution in [2.24, 2.45) is 0 Å². The number of pyridine rings is 1. The molecule has 0 atom stereocenters. The van der Waals surface area contributed by atoms with E-state index in [0.717, 1.165) is 5.69 Å². The van der Waals surface area contributed by atoms with Gasteiger partial charge in [0.15, 0.2) is 0 Å². The first-order valence-electron chi connectivity index (χ1n) is 6.22. The van der Waals surface area contributed by atoms with Crippen molar-refractivity contribution in [2.75, 3.05) is 18.6 Å². The van der Waals surface area contributed by atoms with Gasteiger partial charge in [0.1, 0.15) is 5.75 Å². The number of methoxy groups -OCH3 is 1. The van der Waals surface area contributed by atoms with E-state index in [1.165, 1.54) is 7.11 Å². The quantitative estimate of drug-likeness (QED) is 0.866. The molecule has 2 rings (SSSR count). The molecule has 4 nitrogen and oxygen atoms in total. The fourth-order valence-electron chi connectivity index (χ4n) is 1.95. The average molecular weight is 291 g/mol. The number of halogens is 1. The number of amides is 1. The zero-order chi connectivity index (χ0) is 14.5. The molecule has 0 radical (unpaired) electrons.